The number of anilines is 1. The third kappa shape index (κ3) is 2.49. The maximum absolute atomic E-state index is 4.19. The van der Waals surface area contributed by atoms with Crippen LogP contribution in [0.1, 0.15) is 20.8 Å². The molecule has 0 atom stereocenters. The van der Waals surface area contributed by atoms with E-state index in [2.05, 4.69) is 48.2 Å². The number of H-pyrrole nitrogens is 1. The number of nitrogens with zero attached hydrogens (tertiary/aromatic N) is 1. The molecule has 0 aliphatic heterocycles. The Labute approximate surface area is 89.9 Å². The van der Waals surface area contributed by atoms with Crippen LogP contribution in [0.15, 0.2) is 24.5 Å². The fourth-order valence-electron chi connectivity index (χ4n) is 1.41. The van der Waals surface area contributed by atoms with Crippen molar-refractivity contribution < 1.29 is 0 Å². The molecule has 3 nitrogen and oxygen atoms in total. The van der Waals surface area contributed by atoms with Crippen LogP contribution >= 0.6 is 0 Å². The maximum atomic E-state index is 4.19. The minimum absolute atomic E-state index is 0.295. The molecule has 0 aliphatic rings. The highest BCUT2D eigenvalue weighted by Gasteiger charge is 2.09. The Hall–Kier alpha value is -1.51. The quantitative estimate of drug-likeness (QED) is 0.787. The zero-order valence-electron chi connectivity index (χ0n) is 9.46. The first-order valence-electron chi connectivity index (χ1n) is 5.22. The minimum atomic E-state index is 0.295. The highest BCUT2D eigenvalue weighted by Crippen LogP contribution is 2.18. The van der Waals surface area contributed by atoms with Crippen molar-refractivity contribution in [1.29, 1.82) is 0 Å². The molecule has 80 valence electrons. The van der Waals surface area contributed by atoms with Crippen LogP contribution in [0.4, 0.5) is 5.69 Å². The second kappa shape index (κ2) is 3.57. The summed E-state index contributed by atoms with van der Waals surface area (Å²) in [5.74, 6) is 0. The van der Waals surface area contributed by atoms with Crippen molar-refractivity contribution in [2.75, 3.05) is 11.9 Å². The Morgan fingerprint density at radius 2 is 2.13 bits per heavy atom. The number of hydrogen-bond acceptors (Lipinski definition) is 2. The van der Waals surface area contributed by atoms with Crippen LogP contribution in [-0.4, -0.2) is 16.5 Å². The summed E-state index contributed by atoms with van der Waals surface area (Å²) in [6.07, 6.45) is 1.72. The van der Waals surface area contributed by atoms with E-state index in [0.29, 0.717) is 5.41 Å². The van der Waals surface area contributed by atoms with E-state index in [-0.39, 0.29) is 0 Å². The van der Waals surface area contributed by atoms with Crippen LogP contribution in [0, 0.1) is 5.41 Å². The average molecular weight is 203 g/mol. The van der Waals surface area contributed by atoms with E-state index in [0.717, 1.165) is 23.3 Å². The van der Waals surface area contributed by atoms with Crippen molar-refractivity contribution in [3.63, 3.8) is 0 Å². The highest BCUT2D eigenvalue weighted by atomic mass is 14.9. The Bertz CT molecular complexity index is 451. The zero-order chi connectivity index (χ0) is 10.9. The van der Waals surface area contributed by atoms with Crippen LogP contribution in [0.5, 0.6) is 0 Å². The molecule has 0 unspecified atom stereocenters. The molecule has 0 fully saturated rings. The van der Waals surface area contributed by atoms with E-state index in [1.807, 2.05) is 6.07 Å². The average Bonchev–Trinajstić information content (AvgIpc) is 2.60. The van der Waals surface area contributed by atoms with Crippen LogP contribution in [-0.2, 0) is 0 Å². The molecule has 2 aromatic rings. The maximum Gasteiger partial charge on any atom is 0.0931 e. The van der Waals surface area contributed by atoms with Crippen molar-refractivity contribution in [3.8, 4) is 0 Å². The number of nitrogens with one attached hydrogen (secondary N) is 2. The van der Waals surface area contributed by atoms with Gasteiger partial charge in [-0.25, -0.2) is 4.98 Å². The molecule has 2 rings (SSSR count). The summed E-state index contributed by atoms with van der Waals surface area (Å²) >= 11 is 0. The standard InChI is InChI=1S/C12H17N3/c1-12(2,3)7-13-9-4-5-10-11(6-9)15-8-14-10/h4-6,8,13H,7H2,1-3H3,(H,14,15). The first-order valence-corrected chi connectivity index (χ1v) is 5.22. The normalized spacial score (nSPS) is 11.9. The summed E-state index contributed by atoms with van der Waals surface area (Å²) in [5, 5.41) is 3.42. The molecule has 3 heteroatoms. The molecule has 0 bridgehead atoms. The van der Waals surface area contributed by atoms with Gasteiger partial charge in [0.25, 0.3) is 0 Å². The third-order valence-electron chi connectivity index (χ3n) is 2.24. The molecule has 0 amide bonds. The summed E-state index contributed by atoms with van der Waals surface area (Å²) in [6.45, 7) is 7.62. The molecule has 0 saturated heterocycles. The molecule has 0 saturated carbocycles. The Morgan fingerprint density at radius 1 is 1.33 bits per heavy atom. The number of fused-ring (bicyclic) bond motifs is 1. The van der Waals surface area contributed by atoms with Gasteiger partial charge >= 0.3 is 0 Å². The molecular formula is C12H17N3. The van der Waals surface area contributed by atoms with Gasteiger partial charge < -0.3 is 10.3 Å². The van der Waals surface area contributed by atoms with Gasteiger partial charge in [-0.3, -0.25) is 0 Å². The molecule has 1 aromatic heterocycles. The lowest BCUT2D eigenvalue weighted by atomic mass is 9.97. The monoisotopic (exact) mass is 203 g/mol. The SMILES string of the molecule is CC(C)(C)CNc1ccc2nc[nH]c2c1. The predicted octanol–water partition coefficient (Wildman–Crippen LogP) is 3.02. The topological polar surface area (TPSA) is 40.7 Å². The summed E-state index contributed by atoms with van der Waals surface area (Å²) in [6, 6.07) is 6.18. The van der Waals surface area contributed by atoms with Gasteiger partial charge in [-0.05, 0) is 23.6 Å². The minimum Gasteiger partial charge on any atom is -0.384 e. The van der Waals surface area contributed by atoms with Crippen LogP contribution < -0.4 is 5.32 Å². The lowest BCUT2D eigenvalue weighted by molar-refractivity contribution is 0.443. The van der Waals surface area contributed by atoms with Crippen molar-refractivity contribution in [2.24, 2.45) is 5.41 Å². The largest absolute Gasteiger partial charge is 0.384 e. The van der Waals surface area contributed by atoms with Gasteiger partial charge in [0, 0.05) is 12.2 Å². The van der Waals surface area contributed by atoms with Crippen LogP contribution in [0.2, 0.25) is 0 Å². The van der Waals surface area contributed by atoms with E-state index < -0.39 is 0 Å². The number of benzene rings is 1. The van der Waals surface area contributed by atoms with Crippen molar-refractivity contribution >= 4 is 16.7 Å². The molecule has 1 heterocycles. The first kappa shape index (κ1) is 10.0. The van der Waals surface area contributed by atoms with Gasteiger partial charge in [0.2, 0.25) is 0 Å². The predicted molar refractivity (Wildman–Crippen MR) is 64.0 cm³/mol. The molecule has 0 aliphatic carbocycles. The molecule has 1 aromatic carbocycles. The van der Waals surface area contributed by atoms with E-state index in [4.69, 9.17) is 0 Å². The van der Waals surface area contributed by atoms with Crippen molar-refractivity contribution in [1.82, 2.24) is 9.97 Å². The van der Waals surface area contributed by atoms with Gasteiger partial charge in [-0.2, -0.15) is 0 Å². The smallest absolute Gasteiger partial charge is 0.0931 e. The zero-order valence-corrected chi connectivity index (χ0v) is 9.46. The number of aromatic nitrogens is 2. The summed E-state index contributed by atoms with van der Waals surface area (Å²) in [4.78, 5) is 7.29. The Balaban J connectivity index is 2.15. The van der Waals surface area contributed by atoms with E-state index in [1.165, 1.54) is 0 Å². The summed E-state index contributed by atoms with van der Waals surface area (Å²) < 4.78 is 0. The van der Waals surface area contributed by atoms with Crippen LogP contribution in [0.25, 0.3) is 11.0 Å². The van der Waals surface area contributed by atoms with Gasteiger partial charge in [0.15, 0.2) is 0 Å². The van der Waals surface area contributed by atoms with Crippen LogP contribution in [0.3, 0.4) is 0 Å². The molecular weight excluding hydrogens is 186 g/mol. The number of imidazole rings is 1. The van der Waals surface area contributed by atoms with Gasteiger partial charge in [-0.1, -0.05) is 20.8 Å². The highest BCUT2D eigenvalue weighted by molar-refractivity contribution is 5.78. The number of aromatic amines is 1. The fourth-order valence-corrected chi connectivity index (χ4v) is 1.41. The Morgan fingerprint density at radius 3 is 2.87 bits per heavy atom. The van der Waals surface area contributed by atoms with E-state index >= 15 is 0 Å². The van der Waals surface area contributed by atoms with Crippen molar-refractivity contribution in [2.45, 2.75) is 20.8 Å². The molecule has 0 radical (unpaired) electrons. The number of rotatable bonds is 2. The molecule has 15 heavy (non-hydrogen) atoms. The number of hydrogen-bond donors (Lipinski definition) is 2. The second-order valence-electron chi connectivity index (χ2n) is 5.05. The van der Waals surface area contributed by atoms with E-state index in [9.17, 15) is 0 Å². The summed E-state index contributed by atoms with van der Waals surface area (Å²) in [7, 11) is 0. The van der Waals surface area contributed by atoms with Crippen molar-refractivity contribution in [3.05, 3.63) is 24.5 Å². The molecule has 0 spiro atoms. The first-order chi connectivity index (χ1) is 7.04. The Kier molecular flexibility index (Phi) is 2.39. The van der Waals surface area contributed by atoms with E-state index in [1.54, 1.807) is 6.33 Å². The van der Waals surface area contributed by atoms with Gasteiger partial charge in [0.1, 0.15) is 0 Å². The molecule has 2 N–H and O–H groups in total. The third-order valence-corrected chi connectivity index (χ3v) is 2.24. The van der Waals surface area contributed by atoms with Gasteiger partial charge in [-0.15, -0.1) is 0 Å². The second-order valence-corrected chi connectivity index (χ2v) is 5.05. The summed E-state index contributed by atoms with van der Waals surface area (Å²) in [5.41, 5.74) is 3.52. The fraction of sp³-hybridized carbons (Fsp3) is 0.417. The lowest BCUT2D eigenvalue weighted by Gasteiger charge is -2.19. The lowest BCUT2D eigenvalue weighted by Crippen LogP contribution is -2.18. The van der Waals surface area contributed by atoms with Gasteiger partial charge in [0.05, 0.1) is 17.4 Å².